The van der Waals surface area contributed by atoms with Crippen LogP contribution < -0.4 is 5.56 Å². The fraction of sp³-hybridized carbons (Fsp3) is 0.762. The van der Waals surface area contributed by atoms with Crippen molar-refractivity contribution in [3.63, 3.8) is 0 Å². The van der Waals surface area contributed by atoms with Crippen LogP contribution in [0.5, 0.6) is 0 Å². The summed E-state index contributed by atoms with van der Waals surface area (Å²) in [5.41, 5.74) is 2.28. The summed E-state index contributed by atoms with van der Waals surface area (Å²) in [6.45, 7) is 6.81. The van der Waals surface area contributed by atoms with Gasteiger partial charge in [-0.15, -0.1) is 0 Å². The van der Waals surface area contributed by atoms with E-state index in [2.05, 4.69) is 21.9 Å². The topological polar surface area (TPSA) is 61.7 Å². The predicted molar refractivity (Wildman–Crippen MR) is 108 cm³/mol. The van der Waals surface area contributed by atoms with Gasteiger partial charge in [0, 0.05) is 45.3 Å². The number of piperidine rings is 1. The minimum atomic E-state index is 0.0240. The van der Waals surface area contributed by atoms with Crippen LogP contribution in [0.1, 0.15) is 36.9 Å². The lowest BCUT2D eigenvalue weighted by molar-refractivity contribution is -0.139. The van der Waals surface area contributed by atoms with Crippen LogP contribution in [0.25, 0.3) is 0 Å². The van der Waals surface area contributed by atoms with E-state index < -0.39 is 0 Å². The van der Waals surface area contributed by atoms with E-state index in [0.29, 0.717) is 12.5 Å². The summed E-state index contributed by atoms with van der Waals surface area (Å²) in [4.78, 5) is 31.8. The average molecular weight is 388 g/mol. The highest BCUT2D eigenvalue weighted by Crippen LogP contribution is 2.19. The minimum absolute atomic E-state index is 0.0240. The number of likely N-dealkylation sites (tertiary alicyclic amines) is 1. The molecule has 3 aliphatic rings. The van der Waals surface area contributed by atoms with Crippen LogP contribution in [0.15, 0.2) is 10.9 Å². The van der Waals surface area contributed by atoms with Crippen molar-refractivity contribution < 1.29 is 4.79 Å². The van der Waals surface area contributed by atoms with Crippen LogP contribution in [0.3, 0.4) is 0 Å². The zero-order valence-electron chi connectivity index (χ0n) is 17.1. The Morgan fingerprint density at radius 3 is 2.64 bits per heavy atom. The Kier molecular flexibility index (Phi) is 6.11. The molecule has 0 bridgehead atoms. The Hall–Kier alpha value is -1.73. The number of carbonyl (C=O) groups is 1. The third-order valence-corrected chi connectivity index (χ3v) is 6.56. The van der Waals surface area contributed by atoms with Crippen LogP contribution >= 0.6 is 0 Å². The Balaban J connectivity index is 1.27. The number of aryl methyl sites for hydroxylation is 2. The summed E-state index contributed by atoms with van der Waals surface area (Å²) in [6, 6.07) is 1.79. The van der Waals surface area contributed by atoms with E-state index >= 15 is 0 Å². The van der Waals surface area contributed by atoms with Crippen LogP contribution in [-0.4, -0.2) is 83.2 Å². The van der Waals surface area contributed by atoms with Crippen LogP contribution in [0.4, 0.5) is 0 Å². The summed E-state index contributed by atoms with van der Waals surface area (Å²) in [6.07, 6.45) is 6.47. The average Bonchev–Trinajstić information content (AvgIpc) is 2.72. The molecule has 0 N–H and O–H groups in total. The molecule has 1 atom stereocenters. The zero-order chi connectivity index (χ0) is 19.5. The number of fused-ring (bicyclic) bond motifs is 1. The minimum Gasteiger partial charge on any atom is -0.340 e. The van der Waals surface area contributed by atoms with Crippen molar-refractivity contribution in [2.75, 3.05) is 52.9 Å². The van der Waals surface area contributed by atoms with Gasteiger partial charge in [0.15, 0.2) is 0 Å². The van der Waals surface area contributed by atoms with E-state index in [9.17, 15) is 9.59 Å². The molecular weight excluding hydrogens is 354 g/mol. The molecule has 3 heterocycles. The quantitative estimate of drug-likeness (QED) is 0.758. The molecule has 7 nitrogen and oxygen atoms in total. The van der Waals surface area contributed by atoms with Gasteiger partial charge in [0.2, 0.25) is 5.91 Å². The summed E-state index contributed by atoms with van der Waals surface area (Å²) >= 11 is 0. The largest absolute Gasteiger partial charge is 0.340 e. The standard InChI is InChI=1S/C21H33N5O2/c1-23-8-4-6-18(16-23)21(28)25-12-9-24(10-13-25)11-14-26-20(27)15-17-5-2-3-7-19(17)22-26/h15,18H,2-14,16H2,1H3. The third kappa shape index (κ3) is 4.46. The smallest absolute Gasteiger partial charge is 0.267 e. The first kappa shape index (κ1) is 19.6. The maximum absolute atomic E-state index is 12.8. The molecule has 1 aromatic heterocycles. The van der Waals surface area contributed by atoms with E-state index in [4.69, 9.17) is 0 Å². The Labute approximate surface area is 167 Å². The van der Waals surface area contributed by atoms with E-state index in [0.717, 1.165) is 89.2 Å². The fourth-order valence-electron chi connectivity index (χ4n) is 4.82. The number of hydrogen-bond acceptors (Lipinski definition) is 5. The van der Waals surface area contributed by atoms with Crippen LogP contribution in [0, 0.1) is 5.92 Å². The lowest BCUT2D eigenvalue weighted by Gasteiger charge is -2.38. The molecule has 4 rings (SSSR count). The van der Waals surface area contributed by atoms with Crippen molar-refractivity contribution in [1.29, 1.82) is 0 Å². The van der Waals surface area contributed by atoms with E-state index in [1.807, 2.05) is 4.90 Å². The normalized spacial score (nSPS) is 24.2. The number of aromatic nitrogens is 2. The number of nitrogens with zero attached hydrogens (tertiary/aromatic N) is 5. The van der Waals surface area contributed by atoms with Crippen molar-refractivity contribution in [1.82, 2.24) is 24.5 Å². The number of piperazine rings is 1. The Bertz CT molecular complexity index is 754. The van der Waals surface area contributed by atoms with Gasteiger partial charge in [-0.1, -0.05) is 0 Å². The molecule has 1 amide bonds. The monoisotopic (exact) mass is 387 g/mol. The van der Waals surface area contributed by atoms with Gasteiger partial charge >= 0.3 is 0 Å². The van der Waals surface area contributed by atoms with Crippen molar-refractivity contribution >= 4 is 5.91 Å². The second-order valence-electron chi connectivity index (χ2n) is 8.65. The van der Waals surface area contributed by atoms with Gasteiger partial charge < -0.3 is 9.80 Å². The number of rotatable bonds is 4. The Morgan fingerprint density at radius 1 is 1.07 bits per heavy atom. The van der Waals surface area contributed by atoms with E-state index in [-0.39, 0.29) is 11.5 Å². The van der Waals surface area contributed by atoms with Gasteiger partial charge in [-0.05, 0) is 57.7 Å². The first-order chi connectivity index (χ1) is 13.6. The lowest BCUT2D eigenvalue weighted by atomic mass is 9.96. The molecule has 0 radical (unpaired) electrons. The van der Waals surface area contributed by atoms with Crippen molar-refractivity contribution in [3.05, 3.63) is 27.7 Å². The number of amides is 1. The van der Waals surface area contributed by atoms with Gasteiger partial charge in [0.05, 0.1) is 18.2 Å². The second-order valence-corrected chi connectivity index (χ2v) is 8.65. The van der Waals surface area contributed by atoms with Gasteiger partial charge in [-0.3, -0.25) is 14.5 Å². The fourth-order valence-corrected chi connectivity index (χ4v) is 4.82. The molecule has 28 heavy (non-hydrogen) atoms. The summed E-state index contributed by atoms with van der Waals surface area (Å²) in [5.74, 6) is 0.502. The summed E-state index contributed by atoms with van der Waals surface area (Å²) in [7, 11) is 2.11. The van der Waals surface area contributed by atoms with Crippen molar-refractivity contribution in [3.8, 4) is 0 Å². The molecule has 7 heteroatoms. The first-order valence-electron chi connectivity index (χ1n) is 10.9. The number of hydrogen-bond donors (Lipinski definition) is 0. The van der Waals surface area contributed by atoms with Gasteiger partial charge in [-0.25, -0.2) is 4.68 Å². The molecule has 1 aromatic rings. The number of carbonyl (C=O) groups excluding carboxylic acids is 1. The highest BCUT2D eigenvalue weighted by molar-refractivity contribution is 5.79. The van der Waals surface area contributed by atoms with E-state index in [1.54, 1.807) is 10.7 Å². The maximum Gasteiger partial charge on any atom is 0.267 e. The summed E-state index contributed by atoms with van der Waals surface area (Å²) < 4.78 is 1.64. The van der Waals surface area contributed by atoms with Crippen LogP contribution in [0.2, 0.25) is 0 Å². The molecule has 0 spiro atoms. The molecule has 0 aromatic carbocycles. The molecule has 2 saturated heterocycles. The van der Waals surface area contributed by atoms with Gasteiger partial charge in [-0.2, -0.15) is 5.10 Å². The second kappa shape index (κ2) is 8.74. The predicted octanol–water partition coefficient (Wildman–Crippen LogP) is 0.608. The highest BCUT2D eigenvalue weighted by Gasteiger charge is 2.30. The maximum atomic E-state index is 12.8. The molecule has 1 unspecified atom stereocenters. The van der Waals surface area contributed by atoms with E-state index in [1.165, 1.54) is 6.42 Å². The molecule has 154 valence electrons. The SMILES string of the molecule is CN1CCCC(C(=O)N2CCN(CCn3nc4c(cc3=O)CCCC4)CC2)C1. The molecular formula is C21H33N5O2. The molecule has 2 fully saturated rings. The first-order valence-corrected chi connectivity index (χ1v) is 10.9. The van der Waals surface area contributed by atoms with Gasteiger partial charge in [0.25, 0.3) is 5.56 Å². The van der Waals surface area contributed by atoms with Gasteiger partial charge in [0.1, 0.15) is 0 Å². The summed E-state index contributed by atoms with van der Waals surface area (Å²) in [5, 5.41) is 4.62. The van der Waals surface area contributed by atoms with Crippen molar-refractivity contribution in [2.24, 2.45) is 5.92 Å². The Morgan fingerprint density at radius 2 is 1.86 bits per heavy atom. The molecule has 0 saturated carbocycles. The van der Waals surface area contributed by atoms with Crippen molar-refractivity contribution in [2.45, 2.75) is 45.1 Å². The molecule has 2 aliphatic heterocycles. The zero-order valence-corrected chi connectivity index (χ0v) is 17.1. The molecule has 1 aliphatic carbocycles. The van der Waals surface area contributed by atoms with Crippen LogP contribution in [-0.2, 0) is 24.2 Å². The highest BCUT2D eigenvalue weighted by atomic mass is 16.2. The third-order valence-electron chi connectivity index (χ3n) is 6.56. The lowest BCUT2D eigenvalue weighted by Crippen LogP contribution is -2.52.